The third-order valence-electron chi connectivity index (χ3n) is 7.33. The molecule has 0 radical (unpaired) electrons. The lowest BCUT2D eigenvalue weighted by Gasteiger charge is -2.12. The molecule has 3 heteroatoms. The number of rotatable bonds is 6. The summed E-state index contributed by atoms with van der Waals surface area (Å²) in [5, 5.41) is 0. The predicted molar refractivity (Wildman–Crippen MR) is 127 cm³/mol. The highest BCUT2D eigenvalue weighted by Crippen LogP contribution is 2.38. The van der Waals surface area contributed by atoms with Crippen LogP contribution >= 0.6 is 11.3 Å². The number of halogens is 2. The normalized spacial score (nSPS) is 17.6. The van der Waals surface area contributed by atoms with Gasteiger partial charge in [0, 0.05) is 20.9 Å². The van der Waals surface area contributed by atoms with Crippen LogP contribution in [0.1, 0.15) is 74.1 Å². The predicted octanol–water partition coefficient (Wildman–Crippen LogP) is 9.14. The Balaban J connectivity index is 1.33. The first-order valence-electron chi connectivity index (χ1n) is 11.9. The Bertz CT molecular complexity index is 1020. The third kappa shape index (κ3) is 4.48. The maximum Gasteiger partial charge on any atom is 0.168 e. The van der Waals surface area contributed by atoms with Gasteiger partial charge in [0.25, 0.3) is 0 Å². The minimum absolute atomic E-state index is 0.345. The molecule has 162 valence electrons. The lowest BCUT2D eigenvalue weighted by molar-refractivity contribution is 0.506. The van der Waals surface area contributed by atoms with E-state index < -0.39 is 11.6 Å². The van der Waals surface area contributed by atoms with Gasteiger partial charge in [-0.3, -0.25) is 0 Å². The fourth-order valence-electron chi connectivity index (χ4n) is 5.46. The summed E-state index contributed by atoms with van der Waals surface area (Å²) in [6.07, 6.45) is 12.7. The van der Waals surface area contributed by atoms with E-state index in [9.17, 15) is 0 Å². The summed E-state index contributed by atoms with van der Waals surface area (Å²) in [6, 6.07) is 15.6. The Labute approximate surface area is 188 Å². The molecule has 0 N–H and O–H groups in total. The van der Waals surface area contributed by atoms with E-state index in [0.29, 0.717) is 17.0 Å². The van der Waals surface area contributed by atoms with Crippen LogP contribution in [0.4, 0.5) is 8.78 Å². The Morgan fingerprint density at radius 1 is 0.710 bits per heavy atom. The van der Waals surface area contributed by atoms with Crippen molar-refractivity contribution in [1.82, 2.24) is 0 Å². The van der Waals surface area contributed by atoms with Crippen molar-refractivity contribution in [3.05, 3.63) is 70.6 Å². The first-order valence-corrected chi connectivity index (χ1v) is 12.7. The van der Waals surface area contributed by atoms with Gasteiger partial charge in [0.15, 0.2) is 11.6 Å². The molecule has 0 atom stereocenters. The fourth-order valence-corrected chi connectivity index (χ4v) is 6.50. The lowest BCUT2D eigenvalue weighted by Crippen LogP contribution is -1.95. The van der Waals surface area contributed by atoms with Crippen LogP contribution in [0, 0.1) is 17.6 Å². The van der Waals surface area contributed by atoms with Crippen LogP contribution in [0.15, 0.2) is 48.5 Å². The molecule has 2 aromatic carbocycles. The molecular formula is C28H30F2S. The maximum atomic E-state index is 15.0. The average Bonchev–Trinajstić information content (AvgIpc) is 3.57. The minimum atomic E-state index is -0.743. The first-order chi connectivity index (χ1) is 15.2. The molecule has 0 saturated heterocycles. The third-order valence-corrected chi connectivity index (χ3v) is 8.51. The van der Waals surface area contributed by atoms with Crippen molar-refractivity contribution >= 4 is 11.3 Å². The second-order valence-corrected chi connectivity index (χ2v) is 10.5. The standard InChI is InChI=1S/C28H30F2S/c29-27-24(22-12-10-21(11-13-22)20-7-3-4-8-20)16-17-25(28(27)30)26-18-15-23(31-26)14-9-19-5-1-2-6-19/h10-13,15-20H,1-9,14H2. The summed E-state index contributed by atoms with van der Waals surface area (Å²) in [5.74, 6) is -0.00708. The molecule has 0 bridgehead atoms. The van der Waals surface area contributed by atoms with Gasteiger partial charge in [-0.05, 0) is 66.8 Å². The summed E-state index contributed by atoms with van der Waals surface area (Å²) in [4.78, 5) is 2.09. The molecule has 1 heterocycles. The van der Waals surface area contributed by atoms with Gasteiger partial charge < -0.3 is 0 Å². The zero-order valence-electron chi connectivity index (χ0n) is 18.0. The molecule has 0 spiro atoms. The Hall–Kier alpha value is -2.00. The van der Waals surface area contributed by atoms with Crippen molar-refractivity contribution < 1.29 is 8.78 Å². The van der Waals surface area contributed by atoms with E-state index >= 15 is 8.78 Å². The van der Waals surface area contributed by atoms with Crippen molar-refractivity contribution in [2.24, 2.45) is 5.92 Å². The highest BCUT2D eigenvalue weighted by atomic mass is 32.1. The van der Waals surface area contributed by atoms with Gasteiger partial charge in [-0.25, -0.2) is 8.78 Å². The van der Waals surface area contributed by atoms with Gasteiger partial charge in [0.2, 0.25) is 0 Å². The van der Waals surface area contributed by atoms with Crippen molar-refractivity contribution in [1.29, 1.82) is 0 Å². The molecule has 2 fully saturated rings. The van der Waals surface area contributed by atoms with Crippen LogP contribution in [0.25, 0.3) is 21.6 Å². The van der Waals surface area contributed by atoms with E-state index in [1.54, 1.807) is 23.5 Å². The zero-order chi connectivity index (χ0) is 21.2. The monoisotopic (exact) mass is 436 g/mol. The number of benzene rings is 2. The molecule has 31 heavy (non-hydrogen) atoms. The second-order valence-electron chi connectivity index (χ2n) is 9.35. The molecule has 0 nitrogen and oxygen atoms in total. The van der Waals surface area contributed by atoms with Gasteiger partial charge in [-0.2, -0.15) is 0 Å². The fraction of sp³-hybridized carbons (Fsp3) is 0.429. The van der Waals surface area contributed by atoms with Crippen molar-refractivity contribution in [3.63, 3.8) is 0 Å². The van der Waals surface area contributed by atoms with Crippen molar-refractivity contribution in [2.75, 3.05) is 0 Å². The van der Waals surface area contributed by atoms with Gasteiger partial charge in [0.1, 0.15) is 0 Å². The SMILES string of the molecule is Fc1c(-c2ccc(C3CCCC3)cc2)ccc(-c2ccc(CCC3CCCC3)s2)c1F. The summed E-state index contributed by atoms with van der Waals surface area (Å²) in [5.41, 5.74) is 2.79. The maximum absolute atomic E-state index is 15.0. The number of hydrogen-bond acceptors (Lipinski definition) is 1. The molecule has 2 aliphatic carbocycles. The highest BCUT2D eigenvalue weighted by molar-refractivity contribution is 7.15. The summed E-state index contributed by atoms with van der Waals surface area (Å²) in [7, 11) is 0. The Kier molecular flexibility index (Phi) is 6.22. The van der Waals surface area contributed by atoms with Crippen LogP contribution in [0.5, 0.6) is 0 Å². The topological polar surface area (TPSA) is 0 Å². The quantitative estimate of drug-likeness (QED) is 0.361. The molecule has 1 aromatic heterocycles. The van der Waals surface area contributed by atoms with Crippen LogP contribution < -0.4 is 0 Å². The molecule has 5 rings (SSSR count). The van der Waals surface area contributed by atoms with Crippen molar-refractivity contribution in [2.45, 2.75) is 70.1 Å². The summed E-state index contributed by atoms with van der Waals surface area (Å²) < 4.78 is 30.1. The minimum Gasteiger partial charge on any atom is -0.203 e. The van der Waals surface area contributed by atoms with Crippen LogP contribution in [-0.2, 0) is 6.42 Å². The van der Waals surface area contributed by atoms with E-state index in [1.165, 1.54) is 68.2 Å². The van der Waals surface area contributed by atoms with Gasteiger partial charge >= 0.3 is 0 Å². The molecule has 0 unspecified atom stereocenters. The zero-order valence-corrected chi connectivity index (χ0v) is 18.8. The largest absolute Gasteiger partial charge is 0.203 e. The molecule has 0 amide bonds. The highest BCUT2D eigenvalue weighted by Gasteiger charge is 2.20. The van der Waals surface area contributed by atoms with Crippen LogP contribution in [-0.4, -0.2) is 0 Å². The van der Waals surface area contributed by atoms with Crippen LogP contribution in [0.3, 0.4) is 0 Å². The number of thiophene rings is 1. The molecule has 2 saturated carbocycles. The molecule has 2 aliphatic rings. The number of hydrogen-bond donors (Lipinski definition) is 0. The summed E-state index contributed by atoms with van der Waals surface area (Å²) >= 11 is 1.60. The number of aryl methyl sites for hydroxylation is 1. The molecule has 0 aliphatic heterocycles. The second kappa shape index (κ2) is 9.24. The van der Waals surface area contributed by atoms with E-state index in [-0.39, 0.29) is 0 Å². The first kappa shape index (κ1) is 20.9. The molecule has 3 aromatic rings. The van der Waals surface area contributed by atoms with Gasteiger partial charge in [-0.15, -0.1) is 11.3 Å². The van der Waals surface area contributed by atoms with Crippen LogP contribution in [0.2, 0.25) is 0 Å². The average molecular weight is 437 g/mol. The van der Waals surface area contributed by atoms with E-state index in [4.69, 9.17) is 0 Å². The van der Waals surface area contributed by atoms with E-state index in [0.717, 1.165) is 22.8 Å². The van der Waals surface area contributed by atoms with E-state index in [1.807, 2.05) is 18.2 Å². The van der Waals surface area contributed by atoms with Gasteiger partial charge in [-0.1, -0.05) is 68.9 Å². The Morgan fingerprint density at radius 3 is 2.10 bits per heavy atom. The summed E-state index contributed by atoms with van der Waals surface area (Å²) in [6.45, 7) is 0. The van der Waals surface area contributed by atoms with E-state index in [2.05, 4.69) is 18.2 Å². The Morgan fingerprint density at radius 2 is 1.35 bits per heavy atom. The van der Waals surface area contributed by atoms with Crippen molar-refractivity contribution in [3.8, 4) is 21.6 Å². The van der Waals surface area contributed by atoms with Gasteiger partial charge in [0.05, 0.1) is 0 Å². The molecular weight excluding hydrogens is 406 g/mol. The smallest absolute Gasteiger partial charge is 0.168 e. The lowest BCUT2D eigenvalue weighted by atomic mass is 9.94.